The zero-order valence-electron chi connectivity index (χ0n) is 14.1. The molecule has 1 aromatic carbocycles. The zero-order chi connectivity index (χ0) is 19.7. The molecule has 0 amide bonds. The number of phenols is 1. The first-order valence-corrected chi connectivity index (χ1v) is 8.36. The van der Waals surface area contributed by atoms with Crippen LogP contribution < -0.4 is 4.74 Å². The summed E-state index contributed by atoms with van der Waals surface area (Å²) in [4.78, 5) is 22.3. The number of carbonyl (C=O) groups is 2. The highest BCUT2D eigenvalue weighted by Gasteiger charge is 2.48. The summed E-state index contributed by atoms with van der Waals surface area (Å²) in [6.07, 6.45) is -7.83. The van der Waals surface area contributed by atoms with Gasteiger partial charge in [0.05, 0.1) is 0 Å². The summed E-state index contributed by atoms with van der Waals surface area (Å²) in [6.45, 7) is 0. The van der Waals surface area contributed by atoms with Crippen LogP contribution in [0.4, 0.5) is 0 Å². The Labute approximate surface area is 153 Å². The number of phenolic OH excluding ortho intramolecular Hbond substituents is 1. The SMILES string of the molecule is O=C1CC[C@H](Cc2ccc(O)c(O[C@@H]3O[C@H](C(=O)O)[C@@H](O)[C@H](O)[C@H]3O)c2)O1. The summed E-state index contributed by atoms with van der Waals surface area (Å²) in [5.41, 5.74) is 0.670. The van der Waals surface area contributed by atoms with Gasteiger partial charge < -0.3 is 39.7 Å². The van der Waals surface area contributed by atoms with E-state index in [9.17, 15) is 30.0 Å². The van der Waals surface area contributed by atoms with Crippen molar-refractivity contribution < 1.29 is 49.3 Å². The van der Waals surface area contributed by atoms with Gasteiger partial charge >= 0.3 is 11.9 Å². The van der Waals surface area contributed by atoms with Crippen molar-refractivity contribution >= 4 is 11.9 Å². The van der Waals surface area contributed by atoms with Gasteiger partial charge in [-0.1, -0.05) is 6.07 Å². The fourth-order valence-electron chi connectivity index (χ4n) is 3.04. The first-order chi connectivity index (χ1) is 12.8. The third kappa shape index (κ3) is 4.14. The number of hydrogen-bond donors (Lipinski definition) is 5. The van der Waals surface area contributed by atoms with E-state index in [1.807, 2.05) is 0 Å². The number of carboxylic acid groups (broad SMARTS) is 1. The average Bonchev–Trinajstić information content (AvgIpc) is 3.02. The molecule has 0 aliphatic carbocycles. The number of ether oxygens (including phenoxy) is 3. The maximum atomic E-state index is 11.2. The lowest BCUT2D eigenvalue weighted by Crippen LogP contribution is -2.61. The van der Waals surface area contributed by atoms with Crippen LogP contribution in [0.3, 0.4) is 0 Å². The molecular formula is C17H20O10. The Morgan fingerprint density at radius 1 is 1.19 bits per heavy atom. The number of rotatable bonds is 5. The van der Waals surface area contributed by atoms with E-state index in [1.165, 1.54) is 12.1 Å². The minimum atomic E-state index is -1.84. The topological polar surface area (TPSA) is 163 Å². The average molecular weight is 384 g/mol. The van der Waals surface area contributed by atoms with Crippen molar-refractivity contribution in [1.82, 2.24) is 0 Å². The van der Waals surface area contributed by atoms with Gasteiger partial charge in [0, 0.05) is 12.8 Å². The lowest BCUT2D eigenvalue weighted by atomic mass is 9.99. The van der Waals surface area contributed by atoms with Crippen LogP contribution in [0.15, 0.2) is 18.2 Å². The number of aliphatic hydroxyl groups excluding tert-OH is 3. The Balaban J connectivity index is 1.74. The number of aromatic hydroxyl groups is 1. The smallest absolute Gasteiger partial charge is 0.335 e. The van der Waals surface area contributed by atoms with Crippen LogP contribution in [0.25, 0.3) is 0 Å². The molecule has 2 aliphatic rings. The molecule has 148 valence electrons. The van der Waals surface area contributed by atoms with E-state index in [-0.39, 0.29) is 23.6 Å². The molecule has 0 radical (unpaired) electrons. The van der Waals surface area contributed by atoms with Gasteiger partial charge in [-0.05, 0) is 24.1 Å². The highest BCUT2D eigenvalue weighted by molar-refractivity contribution is 5.73. The van der Waals surface area contributed by atoms with Crippen LogP contribution >= 0.6 is 0 Å². The fourth-order valence-corrected chi connectivity index (χ4v) is 3.04. The molecule has 2 fully saturated rings. The fraction of sp³-hybridized carbons (Fsp3) is 0.529. The minimum absolute atomic E-state index is 0.117. The lowest BCUT2D eigenvalue weighted by molar-refractivity contribution is -0.271. The standard InChI is InChI=1S/C17H20O10/c18-9-3-1-7(5-8-2-4-11(19)25-8)6-10(9)26-17-14(22)12(20)13(21)15(27-17)16(23)24/h1,3,6,8,12-15,17-18,20-22H,2,4-5H2,(H,23,24)/t8-,12+,13+,14-,15+,17-/m1/s1. The van der Waals surface area contributed by atoms with Crippen molar-refractivity contribution in [3.8, 4) is 11.5 Å². The molecule has 0 unspecified atom stereocenters. The second kappa shape index (κ2) is 7.69. The van der Waals surface area contributed by atoms with E-state index < -0.39 is 36.7 Å². The largest absolute Gasteiger partial charge is 0.504 e. The monoisotopic (exact) mass is 384 g/mol. The molecule has 0 saturated carbocycles. The van der Waals surface area contributed by atoms with Crippen LogP contribution in [0.2, 0.25) is 0 Å². The van der Waals surface area contributed by atoms with Crippen LogP contribution in [0.5, 0.6) is 11.5 Å². The highest BCUT2D eigenvalue weighted by Crippen LogP contribution is 2.32. The van der Waals surface area contributed by atoms with E-state index in [1.54, 1.807) is 6.07 Å². The van der Waals surface area contributed by atoms with Gasteiger partial charge in [0.25, 0.3) is 0 Å². The molecular weight excluding hydrogens is 364 g/mol. The Morgan fingerprint density at radius 3 is 2.56 bits per heavy atom. The van der Waals surface area contributed by atoms with Crippen molar-refractivity contribution in [2.45, 2.75) is 56.1 Å². The third-order valence-corrected chi connectivity index (χ3v) is 4.51. The van der Waals surface area contributed by atoms with Crippen LogP contribution in [-0.2, 0) is 25.5 Å². The number of aliphatic carboxylic acids is 1. The summed E-state index contributed by atoms with van der Waals surface area (Å²) in [5.74, 6) is -2.23. The maximum Gasteiger partial charge on any atom is 0.335 e. The predicted molar refractivity (Wildman–Crippen MR) is 85.9 cm³/mol. The Hall–Kier alpha value is -2.40. The van der Waals surface area contributed by atoms with Crippen molar-refractivity contribution in [1.29, 1.82) is 0 Å². The zero-order valence-corrected chi connectivity index (χ0v) is 14.1. The van der Waals surface area contributed by atoms with Crippen molar-refractivity contribution in [3.05, 3.63) is 23.8 Å². The second-order valence-corrected chi connectivity index (χ2v) is 6.51. The molecule has 3 rings (SSSR count). The quantitative estimate of drug-likeness (QED) is 0.394. The van der Waals surface area contributed by atoms with Crippen LogP contribution in [0, 0.1) is 0 Å². The molecule has 27 heavy (non-hydrogen) atoms. The molecule has 6 atom stereocenters. The van der Waals surface area contributed by atoms with E-state index in [2.05, 4.69) is 0 Å². The van der Waals surface area contributed by atoms with Gasteiger partial charge in [0.15, 0.2) is 17.6 Å². The van der Waals surface area contributed by atoms with Gasteiger partial charge in [0.1, 0.15) is 24.4 Å². The second-order valence-electron chi connectivity index (χ2n) is 6.51. The van der Waals surface area contributed by atoms with Gasteiger partial charge in [-0.25, -0.2) is 4.79 Å². The highest BCUT2D eigenvalue weighted by atomic mass is 16.7. The molecule has 0 aromatic heterocycles. The lowest BCUT2D eigenvalue weighted by Gasteiger charge is -2.38. The Bertz CT molecular complexity index is 720. The Morgan fingerprint density at radius 2 is 1.93 bits per heavy atom. The molecule has 0 spiro atoms. The maximum absolute atomic E-state index is 11.2. The van der Waals surface area contributed by atoms with E-state index in [4.69, 9.17) is 19.3 Å². The van der Waals surface area contributed by atoms with Crippen molar-refractivity contribution in [2.75, 3.05) is 0 Å². The van der Waals surface area contributed by atoms with E-state index in [0.29, 0.717) is 24.8 Å². The van der Waals surface area contributed by atoms with E-state index >= 15 is 0 Å². The summed E-state index contributed by atoms with van der Waals surface area (Å²) in [5, 5.41) is 48.5. The number of carbonyl (C=O) groups excluding carboxylic acids is 1. The summed E-state index contributed by atoms with van der Waals surface area (Å²) < 4.78 is 15.5. The molecule has 1 aromatic rings. The first-order valence-electron chi connectivity index (χ1n) is 8.36. The molecule has 10 nitrogen and oxygen atoms in total. The number of esters is 1. The summed E-state index contributed by atoms with van der Waals surface area (Å²) >= 11 is 0. The van der Waals surface area contributed by atoms with Crippen molar-refractivity contribution in [3.63, 3.8) is 0 Å². The number of benzene rings is 1. The number of hydrogen-bond acceptors (Lipinski definition) is 9. The summed E-state index contributed by atoms with van der Waals surface area (Å²) in [6, 6.07) is 4.37. The van der Waals surface area contributed by atoms with Gasteiger partial charge in [-0.15, -0.1) is 0 Å². The number of cyclic esters (lactones) is 1. The normalized spacial score (nSPS) is 33.5. The van der Waals surface area contributed by atoms with Gasteiger partial charge in [-0.3, -0.25) is 4.79 Å². The molecule has 10 heteroatoms. The molecule has 2 aliphatic heterocycles. The van der Waals surface area contributed by atoms with Gasteiger partial charge in [0.2, 0.25) is 6.29 Å². The molecule has 5 N–H and O–H groups in total. The van der Waals surface area contributed by atoms with E-state index in [0.717, 1.165) is 0 Å². The molecule has 2 saturated heterocycles. The molecule has 2 heterocycles. The van der Waals surface area contributed by atoms with Crippen molar-refractivity contribution in [2.24, 2.45) is 0 Å². The van der Waals surface area contributed by atoms with Crippen LogP contribution in [0.1, 0.15) is 18.4 Å². The van der Waals surface area contributed by atoms with Crippen LogP contribution in [-0.4, -0.2) is 74.3 Å². The number of carboxylic acids is 1. The third-order valence-electron chi connectivity index (χ3n) is 4.51. The predicted octanol–water partition coefficient (Wildman–Crippen LogP) is -1.09. The van der Waals surface area contributed by atoms with Gasteiger partial charge in [-0.2, -0.15) is 0 Å². The molecule has 0 bridgehead atoms. The minimum Gasteiger partial charge on any atom is -0.504 e. The summed E-state index contributed by atoms with van der Waals surface area (Å²) in [7, 11) is 0. The Kier molecular flexibility index (Phi) is 5.51. The number of aliphatic hydroxyl groups is 3. The first kappa shape index (κ1) is 19.4.